The second kappa shape index (κ2) is 9.29. The van der Waals surface area contributed by atoms with Gasteiger partial charge in [0, 0.05) is 48.7 Å². The number of nitrogens with zero attached hydrogens (tertiary/aromatic N) is 3. The molecule has 150 valence electrons. The van der Waals surface area contributed by atoms with E-state index in [0.29, 0.717) is 6.04 Å². The molecule has 28 heavy (non-hydrogen) atoms. The molecule has 0 unspecified atom stereocenters. The van der Waals surface area contributed by atoms with Crippen molar-refractivity contribution in [3.8, 4) is 5.19 Å². The van der Waals surface area contributed by atoms with Gasteiger partial charge >= 0.3 is 0 Å². The molecule has 2 aliphatic heterocycles. The number of amides is 1. The lowest BCUT2D eigenvalue weighted by Crippen LogP contribution is -2.50. The molecule has 0 radical (unpaired) electrons. The highest BCUT2D eigenvalue weighted by Gasteiger charge is 2.31. The van der Waals surface area contributed by atoms with Crippen molar-refractivity contribution in [2.45, 2.75) is 42.7 Å². The zero-order chi connectivity index (χ0) is 19.3. The van der Waals surface area contributed by atoms with Crippen molar-refractivity contribution in [1.29, 1.82) is 0 Å². The Hall–Kier alpha value is -1.57. The van der Waals surface area contributed by atoms with Gasteiger partial charge in [-0.25, -0.2) is 4.98 Å². The monoisotopic (exact) mass is 417 g/mol. The minimum Gasteiger partial charge on any atom is -0.467 e. The van der Waals surface area contributed by atoms with Gasteiger partial charge in [-0.3, -0.25) is 9.69 Å². The molecule has 0 atom stereocenters. The van der Waals surface area contributed by atoms with Crippen LogP contribution in [0.5, 0.6) is 5.19 Å². The zero-order valence-electron chi connectivity index (χ0n) is 16.3. The van der Waals surface area contributed by atoms with Crippen LogP contribution in [0.15, 0.2) is 40.7 Å². The number of ether oxygens (including phenoxy) is 1. The number of aromatic nitrogens is 1. The highest BCUT2D eigenvalue weighted by atomic mass is 32.2. The van der Waals surface area contributed by atoms with Crippen LogP contribution in [0.2, 0.25) is 0 Å². The molecule has 7 heteroatoms. The van der Waals surface area contributed by atoms with Gasteiger partial charge in [0.05, 0.1) is 5.56 Å². The molecule has 1 aromatic heterocycles. The number of carbonyl (C=O) groups excluding carboxylic acids is 1. The molecule has 1 aromatic carbocycles. The van der Waals surface area contributed by atoms with Crippen LogP contribution in [-0.4, -0.2) is 65.3 Å². The molecule has 5 nitrogen and oxygen atoms in total. The van der Waals surface area contributed by atoms with Crippen LogP contribution < -0.4 is 4.74 Å². The van der Waals surface area contributed by atoms with E-state index in [2.05, 4.69) is 9.88 Å². The van der Waals surface area contributed by atoms with Gasteiger partial charge in [0.15, 0.2) is 0 Å². The van der Waals surface area contributed by atoms with Crippen molar-refractivity contribution < 1.29 is 9.53 Å². The molecular weight excluding hydrogens is 390 g/mol. The molecule has 0 bridgehead atoms. The first-order valence-corrected chi connectivity index (χ1v) is 12.1. The first-order valence-electron chi connectivity index (χ1n) is 9.97. The second-order valence-corrected chi connectivity index (χ2v) is 9.08. The number of thiazole rings is 1. The van der Waals surface area contributed by atoms with Crippen molar-refractivity contribution >= 4 is 29.0 Å². The quantitative estimate of drug-likeness (QED) is 0.688. The van der Waals surface area contributed by atoms with Gasteiger partial charge in [-0.05, 0) is 44.1 Å². The number of hydrogen-bond donors (Lipinski definition) is 0. The van der Waals surface area contributed by atoms with Gasteiger partial charge in [-0.1, -0.05) is 23.5 Å². The number of hydrogen-bond acceptors (Lipinski definition) is 6. The van der Waals surface area contributed by atoms with Gasteiger partial charge in [-0.15, -0.1) is 11.8 Å². The van der Waals surface area contributed by atoms with Crippen LogP contribution in [0.25, 0.3) is 0 Å². The van der Waals surface area contributed by atoms with E-state index in [-0.39, 0.29) is 12.0 Å². The third-order valence-electron chi connectivity index (χ3n) is 5.76. The number of thioether (sulfide) groups is 1. The Bertz CT molecular complexity index is 768. The second-order valence-electron chi connectivity index (χ2n) is 7.37. The van der Waals surface area contributed by atoms with Crippen molar-refractivity contribution in [2.24, 2.45) is 0 Å². The van der Waals surface area contributed by atoms with E-state index < -0.39 is 0 Å². The topological polar surface area (TPSA) is 45.7 Å². The number of benzene rings is 1. The SMILES string of the molecule is CSc1ccccc1C(=O)N1CCC(N2CCC(Oc3nccs3)CC2)CC1. The van der Waals surface area contributed by atoms with Crippen LogP contribution in [0.1, 0.15) is 36.0 Å². The van der Waals surface area contributed by atoms with Crippen molar-refractivity contribution in [2.75, 3.05) is 32.4 Å². The van der Waals surface area contributed by atoms with Crippen LogP contribution in [-0.2, 0) is 0 Å². The summed E-state index contributed by atoms with van der Waals surface area (Å²) in [5.41, 5.74) is 0.841. The van der Waals surface area contributed by atoms with Crippen molar-refractivity contribution in [3.05, 3.63) is 41.4 Å². The molecule has 2 aromatic rings. The molecule has 0 spiro atoms. The molecule has 4 rings (SSSR count). The van der Waals surface area contributed by atoms with E-state index in [4.69, 9.17) is 4.74 Å². The Morgan fingerprint density at radius 3 is 2.57 bits per heavy atom. The molecule has 0 saturated carbocycles. The maximum atomic E-state index is 12.9. The molecule has 2 saturated heterocycles. The summed E-state index contributed by atoms with van der Waals surface area (Å²) in [7, 11) is 0. The van der Waals surface area contributed by atoms with Crippen LogP contribution in [0, 0.1) is 0 Å². The Morgan fingerprint density at radius 2 is 1.89 bits per heavy atom. The number of piperidine rings is 2. The Morgan fingerprint density at radius 1 is 1.14 bits per heavy atom. The maximum Gasteiger partial charge on any atom is 0.273 e. The third kappa shape index (κ3) is 4.53. The number of likely N-dealkylation sites (tertiary alicyclic amines) is 2. The lowest BCUT2D eigenvalue weighted by atomic mass is 9.98. The molecule has 3 heterocycles. The number of rotatable bonds is 5. The zero-order valence-corrected chi connectivity index (χ0v) is 17.9. The van der Waals surface area contributed by atoms with E-state index in [9.17, 15) is 4.79 Å². The van der Waals surface area contributed by atoms with Crippen LogP contribution in [0.3, 0.4) is 0 Å². The average molecular weight is 418 g/mol. The summed E-state index contributed by atoms with van der Waals surface area (Å²) in [4.78, 5) is 22.9. The average Bonchev–Trinajstić information content (AvgIpc) is 3.27. The third-order valence-corrected chi connectivity index (χ3v) is 7.22. The van der Waals surface area contributed by atoms with Gasteiger partial charge in [-0.2, -0.15) is 0 Å². The first-order chi connectivity index (χ1) is 13.7. The molecule has 2 aliphatic rings. The summed E-state index contributed by atoms with van der Waals surface area (Å²) in [5, 5.41) is 2.74. The van der Waals surface area contributed by atoms with Gasteiger partial charge in [0.25, 0.3) is 11.1 Å². The van der Waals surface area contributed by atoms with E-state index in [1.54, 1.807) is 29.3 Å². The predicted octanol–water partition coefficient (Wildman–Crippen LogP) is 4.01. The minimum absolute atomic E-state index is 0.180. The standard InChI is InChI=1S/C21H27N3O2S2/c1-27-19-5-3-2-4-18(19)20(25)24-11-6-16(7-12-24)23-13-8-17(9-14-23)26-21-22-10-15-28-21/h2-5,10,15-17H,6-9,11-14H2,1H3. The fourth-order valence-corrected chi connectivity index (χ4v) is 5.34. The van der Waals surface area contributed by atoms with Gasteiger partial charge in [0.2, 0.25) is 0 Å². The Labute approximate surface area is 175 Å². The van der Waals surface area contributed by atoms with E-state index in [0.717, 1.165) is 67.5 Å². The maximum absolute atomic E-state index is 12.9. The smallest absolute Gasteiger partial charge is 0.273 e. The van der Waals surface area contributed by atoms with Crippen molar-refractivity contribution in [3.63, 3.8) is 0 Å². The van der Waals surface area contributed by atoms with Gasteiger partial charge in [0.1, 0.15) is 6.10 Å². The summed E-state index contributed by atoms with van der Waals surface area (Å²) >= 11 is 3.20. The summed E-state index contributed by atoms with van der Waals surface area (Å²) < 4.78 is 5.98. The Kier molecular flexibility index (Phi) is 6.54. The number of carbonyl (C=O) groups is 1. The normalized spacial score (nSPS) is 19.7. The lowest BCUT2D eigenvalue weighted by molar-refractivity contribution is 0.0423. The van der Waals surface area contributed by atoms with Gasteiger partial charge < -0.3 is 9.64 Å². The van der Waals surface area contributed by atoms with Crippen molar-refractivity contribution in [1.82, 2.24) is 14.8 Å². The largest absolute Gasteiger partial charge is 0.467 e. The van der Waals surface area contributed by atoms with E-state index in [1.807, 2.05) is 40.8 Å². The molecule has 0 aliphatic carbocycles. The highest BCUT2D eigenvalue weighted by Crippen LogP contribution is 2.27. The summed E-state index contributed by atoms with van der Waals surface area (Å²) in [5.74, 6) is 0.180. The molecular formula is C21H27N3O2S2. The molecule has 0 N–H and O–H groups in total. The first kappa shape index (κ1) is 19.7. The minimum atomic E-state index is 0.180. The van der Waals surface area contributed by atoms with E-state index >= 15 is 0 Å². The molecule has 2 fully saturated rings. The summed E-state index contributed by atoms with van der Waals surface area (Å²) in [6, 6.07) is 8.52. The van der Waals surface area contributed by atoms with E-state index in [1.165, 1.54) is 0 Å². The summed E-state index contributed by atoms with van der Waals surface area (Å²) in [6.07, 6.45) is 8.34. The highest BCUT2D eigenvalue weighted by molar-refractivity contribution is 7.98. The Balaban J connectivity index is 1.26. The lowest BCUT2D eigenvalue weighted by Gasteiger charge is -2.41. The fourth-order valence-electron chi connectivity index (χ4n) is 4.20. The van der Waals surface area contributed by atoms with Crippen LogP contribution in [0.4, 0.5) is 0 Å². The predicted molar refractivity (Wildman–Crippen MR) is 114 cm³/mol. The summed E-state index contributed by atoms with van der Waals surface area (Å²) in [6.45, 7) is 3.84. The molecule has 1 amide bonds. The fraction of sp³-hybridized carbons (Fsp3) is 0.524. The van der Waals surface area contributed by atoms with Crippen LogP contribution >= 0.6 is 23.1 Å².